The van der Waals surface area contributed by atoms with Crippen LogP contribution in [0.15, 0.2) is 30.3 Å². The second-order valence-corrected chi connectivity index (χ2v) is 4.19. The van der Waals surface area contributed by atoms with Crippen molar-refractivity contribution in [3.63, 3.8) is 0 Å². The van der Waals surface area contributed by atoms with E-state index in [2.05, 4.69) is 54.4 Å². The molecule has 1 aromatic rings. The van der Waals surface area contributed by atoms with E-state index in [-0.39, 0.29) is 0 Å². The van der Waals surface area contributed by atoms with Crippen LogP contribution in [-0.4, -0.2) is 6.54 Å². The van der Waals surface area contributed by atoms with Crippen molar-refractivity contribution in [1.29, 1.82) is 0 Å². The Hall–Kier alpha value is -1.26. The number of benzene rings is 1. The van der Waals surface area contributed by atoms with Gasteiger partial charge in [-0.1, -0.05) is 43.7 Å². The van der Waals surface area contributed by atoms with Crippen molar-refractivity contribution in [2.24, 2.45) is 0 Å². The summed E-state index contributed by atoms with van der Waals surface area (Å²) < 4.78 is 0. The van der Waals surface area contributed by atoms with Gasteiger partial charge in [0.05, 0.1) is 0 Å². The Balaban J connectivity index is 2.40. The van der Waals surface area contributed by atoms with E-state index in [0.29, 0.717) is 6.04 Å². The van der Waals surface area contributed by atoms with Gasteiger partial charge in [-0.15, -0.1) is 11.8 Å². The van der Waals surface area contributed by atoms with E-state index in [4.69, 9.17) is 0 Å². The number of hydrogen-bond donors (Lipinski definition) is 1. The zero-order chi connectivity index (χ0) is 12.3. The fourth-order valence-corrected chi connectivity index (χ4v) is 2.01. The Bertz CT molecular complexity index is 345. The lowest BCUT2D eigenvalue weighted by molar-refractivity contribution is 0.490. The highest BCUT2D eigenvalue weighted by molar-refractivity contribution is 5.18. The van der Waals surface area contributed by atoms with Crippen LogP contribution in [0.3, 0.4) is 0 Å². The van der Waals surface area contributed by atoms with Crippen LogP contribution >= 0.6 is 0 Å². The molecule has 0 aromatic heterocycles. The van der Waals surface area contributed by atoms with Crippen molar-refractivity contribution in [3.05, 3.63) is 35.9 Å². The van der Waals surface area contributed by atoms with Crippen LogP contribution in [0, 0.1) is 11.8 Å². The molecule has 0 heterocycles. The van der Waals surface area contributed by atoms with E-state index in [1.807, 2.05) is 6.92 Å². The molecule has 1 rings (SSSR count). The third kappa shape index (κ3) is 5.56. The van der Waals surface area contributed by atoms with E-state index in [1.165, 1.54) is 24.8 Å². The molecule has 0 aliphatic rings. The fourth-order valence-electron chi connectivity index (χ4n) is 2.01. The monoisotopic (exact) mass is 229 g/mol. The molecule has 17 heavy (non-hydrogen) atoms. The van der Waals surface area contributed by atoms with Crippen LogP contribution in [0.4, 0.5) is 0 Å². The lowest BCUT2D eigenvalue weighted by atomic mass is 10.0. The molecule has 0 radical (unpaired) electrons. The Labute approximate surface area is 106 Å². The van der Waals surface area contributed by atoms with Crippen LogP contribution < -0.4 is 5.32 Å². The van der Waals surface area contributed by atoms with Crippen molar-refractivity contribution in [2.75, 3.05) is 6.54 Å². The number of nitrogens with one attached hydrogen (secondary N) is 1. The van der Waals surface area contributed by atoms with Gasteiger partial charge in [0.15, 0.2) is 0 Å². The molecule has 0 amide bonds. The maximum atomic E-state index is 3.55. The van der Waals surface area contributed by atoms with E-state index >= 15 is 0 Å². The van der Waals surface area contributed by atoms with Crippen LogP contribution in [-0.2, 0) is 0 Å². The van der Waals surface area contributed by atoms with E-state index < -0.39 is 0 Å². The van der Waals surface area contributed by atoms with E-state index in [9.17, 15) is 0 Å². The summed E-state index contributed by atoms with van der Waals surface area (Å²) in [4.78, 5) is 0. The summed E-state index contributed by atoms with van der Waals surface area (Å²) in [5.74, 6) is 6.07. The Morgan fingerprint density at radius 3 is 2.59 bits per heavy atom. The van der Waals surface area contributed by atoms with Crippen LogP contribution in [0.1, 0.15) is 51.1 Å². The summed E-state index contributed by atoms with van der Waals surface area (Å²) in [5, 5.41) is 3.55. The average molecular weight is 229 g/mol. The van der Waals surface area contributed by atoms with Crippen molar-refractivity contribution in [2.45, 2.75) is 45.6 Å². The molecule has 1 heteroatoms. The van der Waals surface area contributed by atoms with Crippen LogP contribution in [0.5, 0.6) is 0 Å². The van der Waals surface area contributed by atoms with Gasteiger partial charge in [-0.2, -0.15) is 0 Å². The third-order valence-electron chi connectivity index (χ3n) is 2.87. The van der Waals surface area contributed by atoms with Crippen molar-refractivity contribution in [1.82, 2.24) is 5.32 Å². The summed E-state index contributed by atoms with van der Waals surface area (Å²) in [6.07, 6.45) is 4.67. The van der Waals surface area contributed by atoms with Gasteiger partial charge < -0.3 is 5.32 Å². The molecule has 0 saturated heterocycles. The first kappa shape index (κ1) is 13.8. The molecular formula is C16H23N. The Morgan fingerprint density at radius 1 is 1.18 bits per heavy atom. The molecule has 1 unspecified atom stereocenters. The van der Waals surface area contributed by atoms with Gasteiger partial charge in [0, 0.05) is 12.5 Å². The maximum absolute atomic E-state index is 3.55. The highest BCUT2D eigenvalue weighted by atomic mass is 14.9. The predicted octanol–water partition coefficient (Wildman–Crippen LogP) is 3.92. The first-order chi connectivity index (χ1) is 8.38. The van der Waals surface area contributed by atoms with Gasteiger partial charge in [0.25, 0.3) is 0 Å². The zero-order valence-electron chi connectivity index (χ0n) is 11.0. The van der Waals surface area contributed by atoms with Gasteiger partial charge >= 0.3 is 0 Å². The lowest BCUT2D eigenvalue weighted by Gasteiger charge is -2.18. The third-order valence-corrected chi connectivity index (χ3v) is 2.87. The largest absolute Gasteiger partial charge is 0.310 e. The molecule has 1 nitrogen and oxygen atoms in total. The SMILES string of the molecule is CC#CCCCCC(NCC)c1ccccc1. The molecule has 0 saturated carbocycles. The molecule has 92 valence electrons. The minimum absolute atomic E-state index is 0.496. The number of hydrogen-bond acceptors (Lipinski definition) is 1. The lowest BCUT2D eigenvalue weighted by Crippen LogP contribution is -2.20. The van der Waals surface area contributed by atoms with Gasteiger partial charge in [-0.3, -0.25) is 0 Å². The molecule has 0 aliphatic heterocycles. The normalized spacial score (nSPS) is 11.6. The Kier molecular flexibility index (Phi) is 7.18. The topological polar surface area (TPSA) is 12.0 Å². The van der Waals surface area contributed by atoms with Gasteiger partial charge in [-0.05, 0) is 31.9 Å². The second-order valence-electron chi connectivity index (χ2n) is 4.19. The van der Waals surface area contributed by atoms with Crippen molar-refractivity contribution < 1.29 is 0 Å². The van der Waals surface area contributed by atoms with Crippen LogP contribution in [0.25, 0.3) is 0 Å². The minimum Gasteiger partial charge on any atom is -0.310 e. The Morgan fingerprint density at radius 2 is 1.94 bits per heavy atom. The first-order valence-electron chi connectivity index (χ1n) is 6.56. The average Bonchev–Trinajstić information content (AvgIpc) is 2.38. The summed E-state index contributed by atoms with van der Waals surface area (Å²) in [5.41, 5.74) is 1.40. The summed E-state index contributed by atoms with van der Waals surface area (Å²) in [6.45, 7) is 5.10. The highest BCUT2D eigenvalue weighted by Gasteiger charge is 2.08. The summed E-state index contributed by atoms with van der Waals surface area (Å²) in [6, 6.07) is 11.2. The van der Waals surface area contributed by atoms with Gasteiger partial charge in [0.1, 0.15) is 0 Å². The smallest absolute Gasteiger partial charge is 0.0320 e. The molecule has 1 aromatic carbocycles. The molecule has 0 aliphatic carbocycles. The molecule has 0 bridgehead atoms. The van der Waals surface area contributed by atoms with Crippen molar-refractivity contribution >= 4 is 0 Å². The maximum Gasteiger partial charge on any atom is 0.0320 e. The second kappa shape index (κ2) is 8.84. The van der Waals surface area contributed by atoms with Crippen LogP contribution in [0.2, 0.25) is 0 Å². The van der Waals surface area contributed by atoms with E-state index in [1.54, 1.807) is 0 Å². The minimum atomic E-state index is 0.496. The van der Waals surface area contributed by atoms with E-state index in [0.717, 1.165) is 13.0 Å². The predicted molar refractivity (Wildman–Crippen MR) is 74.8 cm³/mol. The highest BCUT2D eigenvalue weighted by Crippen LogP contribution is 2.19. The molecule has 0 spiro atoms. The molecule has 1 N–H and O–H groups in total. The number of unbranched alkanes of at least 4 members (excludes halogenated alkanes) is 2. The zero-order valence-corrected chi connectivity index (χ0v) is 11.0. The summed E-state index contributed by atoms with van der Waals surface area (Å²) in [7, 11) is 0. The molecule has 1 atom stereocenters. The van der Waals surface area contributed by atoms with Gasteiger partial charge in [-0.25, -0.2) is 0 Å². The van der Waals surface area contributed by atoms with Gasteiger partial charge in [0.2, 0.25) is 0 Å². The quantitative estimate of drug-likeness (QED) is 0.552. The number of rotatable bonds is 7. The standard InChI is InChI=1S/C16H23N/c1-3-5-6-7-11-14-16(17-4-2)15-12-9-8-10-13-15/h8-10,12-13,16-17H,4,6-7,11,14H2,1-2H3. The molecule has 0 fully saturated rings. The molecular weight excluding hydrogens is 206 g/mol. The first-order valence-corrected chi connectivity index (χ1v) is 6.56. The summed E-state index contributed by atoms with van der Waals surface area (Å²) >= 11 is 0. The van der Waals surface area contributed by atoms with Crippen molar-refractivity contribution in [3.8, 4) is 11.8 Å². The fraction of sp³-hybridized carbons (Fsp3) is 0.500.